The number of aliphatic carboxylic acids is 1. The number of carboxylic acids is 1. The molecule has 0 aliphatic rings. The van der Waals surface area contributed by atoms with E-state index in [1.165, 1.54) is 20.8 Å². The Morgan fingerprint density at radius 3 is 2.18 bits per heavy atom. The molecule has 0 saturated heterocycles. The van der Waals surface area contributed by atoms with Gasteiger partial charge < -0.3 is 10.2 Å². The van der Waals surface area contributed by atoms with E-state index in [-0.39, 0.29) is 0 Å². The van der Waals surface area contributed by atoms with E-state index in [1.54, 1.807) is 12.1 Å². The molecule has 0 radical (unpaired) electrons. The van der Waals surface area contributed by atoms with E-state index in [0.717, 1.165) is 5.56 Å². The van der Waals surface area contributed by atoms with Crippen LogP contribution in [0, 0.1) is 17.3 Å². The third-order valence-electron chi connectivity index (χ3n) is 2.98. The zero-order chi connectivity index (χ0) is 13.1. The summed E-state index contributed by atoms with van der Waals surface area (Å²) < 4.78 is 0. The normalized spacial score (nSPS) is 14.4. The average Bonchev–Trinajstić information content (AvgIpc) is 2.27. The van der Waals surface area contributed by atoms with Crippen LogP contribution in [0.3, 0.4) is 0 Å². The van der Waals surface area contributed by atoms with Crippen LogP contribution in [0.1, 0.15) is 26.3 Å². The third-order valence-corrected chi connectivity index (χ3v) is 2.98. The molecule has 1 unspecified atom stereocenters. The largest absolute Gasteiger partial charge is 0.481 e. The summed E-state index contributed by atoms with van der Waals surface area (Å²) in [7, 11) is 0. The second-order valence-corrected chi connectivity index (χ2v) is 4.62. The van der Waals surface area contributed by atoms with Crippen molar-refractivity contribution in [1.29, 1.82) is 0 Å². The van der Waals surface area contributed by atoms with Gasteiger partial charge in [0, 0.05) is 5.56 Å². The topological polar surface area (TPSA) is 57.5 Å². The first-order valence-corrected chi connectivity index (χ1v) is 5.31. The van der Waals surface area contributed by atoms with E-state index in [0.29, 0.717) is 0 Å². The van der Waals surface area contributed by atoms with Gasteiger partial charge in [0.2, 0.25) is 0 Å². The van der Waals surface area contributed by atoms with Gasteiger partial charge in [0.1, 0.15) is 11.0 Å². The fourth-order valence-electron chi connectivity index (χ4n) is 1.08. The summed E-state index contributed by atoms with van der Waals surface area (Å²) in [6.07, 6.45) is 0. The predicted octanol–water partition coefficient (Wildman–Crippen LogP) is 1.90. The number of benzene rings is 1. The number of hydrogen-bond donors (Lipinski definition) is 2. The van der Waals surface area contributed by atoms with Crippen LogP contribution in [0.25, 0.3) is 0 Å². The molecule has 90 valence electrons. The molecule has 0 spiro atoms. The summed E-state index contributed by atoms with van der Waals surface area (Å²) in [5.74, 6) is 4.33. The summed E-state index contributed by atoms with van der Waals surface area (Å²) in [4.78, 5) is 11.1. The summed E-state index contributed by atoms with van der Waals surface area (Å²) >= 11 is 0. The maximum absolute atomic E-state index is 11.1. The van der Waals surface area contributed by atoms with Crippen molar-refractivity contribution in [3.8, 4) is 11.8 Å². The van der Waals surface area contributed by atoms with Crippen molar-refractivity contribution in [2.45, 2.75) is 26.4 Å². The summed E-state index contributed by atoms with van der Waals surface area (Å²) in [5.41, 5.74) is -2.17. The molecule has 0 fully saturated rings. The third kappa shape index (κ3) is 2.86. The zero-order valence-corrected chi connectivity index (χ0v) is 10.2. The minimum atomic E-state index is -1.59. The Morgan fingerprint density at radius 1 is 1.18 bits per heavy atom. The van der Waals surface area contributed by atoms with Crippen LogP contribution in [0.15, 0.2) is 30.3 Å². The van der Waals surface area contributed by atoms with Gasteiger partial charge in [0.05, 0.1) is 0 Å². The standard InChI is InChI=1S/C14H16O3/c1-13(2,12(15)16)14(3,17)10-9-11-7-5-4-6-8-11/h4-8,17H,1-3H3,(H,15,16). The molecule has 0 aliphatic carbocycles. The minimum absolute atomic E-state index is 0.744. The van der Waals surface area contributed by atoms with Crippen molar-refractivity contribution >= 4 is 5.97 Å². The molecule has 17 heavy (non-hydrogen) atoms. The van der Waals surface area contributed by atoms with Crippen LogP contribution in [0.5, 0.6) is 0 Å². The quantitative estimate of drug-likeness (QED) is 0.766. The lowest BCUT2D eigenvalue weighted by molar-refractivity contribution is -0.157. The molecule has 1 atom stereocenters. The van der Waals surface area contributed by atoms with Crippen LogP contribution < -0.4 is 0 Å². The summed E-state index contributed by atoms with van der Waals surface area (Å²) in [6.45, 7) is 4.32. The fourth-order valence-corrected chi connectivity index (χ4v) is 1.08. The van der Waals surface area contributed by atoms with Crippen LogP contribution in [0.2, 0.25) is 0 Å². The van der Waals surface area contributed by atoms with Crippen molar-refractivity contribution in [1.82, 2.24) is 0 Å². The second kappa shape index (κ2) is 4.60. The van der Waals surface area contributed by atoms with E-state index in [2.05, 4.69) is 11.8 Å². The molecule has 0 heterocycles. The number of rotatable bonds is 2. The van der Waals surface area contributed by atoms with Crippen LogP contribution in [-0.4, -0.2) is 21.8 Å². The lowest BCUT2D eigenvalue weighted by Gasteiger charge is -2.31. The maximum atomic E-state index is 11.1. The SMILES string of the molecule is CC(O)(C#Cc1ccccc1)C(C)(C)C(=O)O. The highest BCUT2D eigenvalue weighted by atomic mass is 16.4. The van der Waals surface area contributed by atoms with Crippen LogP contribution in [-0.2, 0) is 4.79 Å². The minimum Gasteiger partial charge on any atom is -0.481 e. The zero-order valence-electron chi connectivity index (χ0n) is 10.2. The molecule has 0 amide bonds. The number of hydrogen-bond acceptors (Lipinski definition) is 2. The molecular formula is C14H16O3. The first-order chi connectivity index (χ1) is 7.77. The number of carboxylic acid groups (broad SMARTS) is 1. The van der Waals surface area contributed by atoms with E-state index in [9.17, 15) is 9.90 Å². The molecular weight excluding hydrogens is 216 g/mol. The van der Waals surface area contributed by atoms with Crippen LogP contribution >= 0.6 is 0 Å². The molecule has 2 N–H and O–H groups in total. The molecule has 0 aliphatic heterocycles. The smallest absolute Gasteiger partial charge is 0.313 e. The molecule has 3 nitrogen and oxygen atoms in total. The molecule has 1 aromatic carbocycles. The summed E-state index contributed by atoms with van der Waals surface area (Å²) in [5, 5.41) is 19.2. The monoisotopic (exact) mass is 232 g/mol. The highest BCUT2D eigenvalue weighted by Gasteiger charge is 2.44. The summed E-state index contributed by atoms with van der Waals surface area (Å²) in [6, 6.07) is 9.14. The van der Waals surface area contributed by atoms with Gasteiger partial charge in [0.15, 0.2) is 0 Å². The van der Waals surface area contributed by atoms with Gasteiger partial charge in [0.25, 0.3) is 0 Å². The van der Waals surface area contributed by atoms with Crippen molar-refractivity contribution in [2.24, 2.45) is 5.41 Å². The Hall–Kier alpha value is -1.79. The predicted molar refractivity (Wildman–Crippen MR) is 65.4 cm³/mol. The van der Waals surface area contributed by atoms with E-state index >= 15 is 0 Å². The van der Waals surface area contributed by atoms with Crippen LogP contribution in [0.4, 0.5) is 0 Å². The van der Waals surface area contributed by atoms with Gasteiger partial charge in [-0.25, -0.2) is 0 Å². The highest BCUT2D eigenvalue weighted by Crippen LogP contribution is 2.30. The van der Waals surface area contributed by atoms with E-state index < -0.39 is 17.0 Å². The molecule has 0 aromatic heterocycles. The Bertz CT molecular complexity index is 461. The lowest BCUT2D eigenvalue weighted by atomic mass is 9.76. The van der Waals surface area contributed by atoms with Gasteiger partial charge in [-0.1, -0.05) is 30.0 Å². The molecule has 1 rings (SSSR count). The Kier molecular flexibility index (Phi) is 3.59. The maximum Gasteiger partial charge on any atom is 0.313 e. The van der Waals surface area contributed by atoms with Gasteiger partial charge in [-0.3, -0.25) is 4.79 Å². The van der Waals surface area contributed by atoms with Crippen molar-refractivity contribution in [3.63, 3.8) is 0 Å². The van der Waals surface area contributed by atoms with Crippen molar-refractivity contribution < 1.29 is 15.0 Å². The second-order valence-electron chi connectivity index (χ2n) is 4.62. The Morgan fingerprint density at radius 2 is 1.71 bits per heavy atom. The van der Waals surface area contributed by atoms with Crippen molar-refractivity contribution in [2.75, 3.05) is 0 Å². The first kappa shape index (κ1) is 13.3. The van der Waals surface area contributed by atoms with Gasteiger partial charge in [-0.15, -0.1) is 0 Å². The highest BCUT2D eigenvalue weighted by molar-refractivity contribution is 5.76. The van der Waals surface area contributed by atoms with E-state index in [1.807, 2.05) is 18.2 Å². The van der Waals surface area contributed by atoms with Gasteiger partial charge >= 0.3 is 5.97 Å². The molecule has 0 saturated carbocycles. The molecule has 0 bridgehead atoms. The fraction of sp³-hybridized carbons (Fsp3) is 0.357. The Labute approximate surface area is 101 Å². The lowest BCUT2D eigenvalue weighted by Crippen LogP contribution is -2.46. The van der Waals surface area contributed by atoms with Gasteiger partial charge in [-0.2, -0.15) is 0 Å². The van der Waals surface area contributed by atoms with Crippen molar-refractivity contribution in [3.05, 3.63) is 35.9 Å². The number of aliphatic hydroxyl groups is 1. The van der Waals surface area contributed by atoms with E-state index in [4.69, 9.17) is 5.11 Å². The van der Waals surface area contributed by atoms with Gasteiger partial charge in [-0.05, 0) is 32.9 Å². The first-order valence-electron chi connectivity index (χ1n) is 5.31. The average molecular weight is 232 g/mol. The molecule has 3 heteroatoms. The molecule has 1 aromatic rings. The number of carbonyl (C=O) groups is 1. The Balaban J connectivity index is 3.03.